The number of anilines is 1. The predicted molar refractivity (Wildman–Crippen MR) is 99.7 cm³/mol. The molecule has 0 saturated carbocycles. The molecule has 0 aliphatic carbocycles. The molecule has 0 spiro atoms. The SMILES string of the molecule is CNC(=O)c1cc2cc(NS(=O)(=O)c3ccccc3COC)ccc2[nH]1. The summed E-state index contributed by atoms with van der Waals surface area (Å²) in [6, 6.07) is 13.4. The average Bonchev–Trinajstić information content (AvgIpc) is 3.04. The van der Waals surface area contributed by atoms with Crippen LogP contribution in [0.15, 0.2) is 53.4 Å². The summed E-state index contributed by atoms with van der Waals surface area (Å²) in [6.45, 7) is 0.198. The summed E-state index contributed by atoms with van der Waals surface area (Å²) >= 11 is 0. The fourth-order valence-electron chi connectivity index (χ4n) is 2.70. The van der Waals surface area contributed by atoms with E-state index in [1.54, 1.807) is 49.5 Å². The minimum atomic E-state index is -3.77. The van der Waals surface area contributed by atoms with Crippen molar-refractivity contribution in [3.05, 3.63) is 59.8 Å². The van der Waals surface area contributed by atoms with Crippen LogP contribution in [-0.2, 0) is 21.4 Å². The van der Waals surface area contributed by atoms with Gasteiger partial charge < -0.3 is 15.0 Å². The van der Waals surface area contributed by atoms with Gasteiger partial charge in [0.15, 0.2) is 0 Å². The first-order valence-corrected chi connectivity index (χ1v) is 9.37. The Bertz CT molecular complexity index is 1060. The maximum absolute atomic E-state index is 12.8. The summed E-state index contributed by atoms with van der Waals surface area (Å²) in [5.41, 5.74) is 2.14. The van der Waals surface area contributed by atoms with Crippen molar-refractivity contribution < 1.29 is 17.9 Å². The molecule has 0 saturated heterocycles. The van der Waals surface area contributed by atoms with E-state index in [-0.39, 0.29) is 17.4 Å². The van der Waals surface area contributed by atoms with E-state index in [1.165, 1.54) is 13.2 Å². The molecule has 1 aromatic heterocycles. The molecule has 2 aromatic carbocycles. The molecule has 8 heteroatoms. The van der Waals surface area contributed by atoms with Gasteiger partial charge in [-0.15, -0.1) is 0 Å². The van der Waals surface area contributed by atoms with E-state index < -0.39 is 10.0 Å². The van der Waals surface area contributed by atoms with Crippen LogP contribution in [-0.4, -0.2) is 33.5 Å². The maximum Gasteiger partial charge on any atom is 0.267 e. The van der Waals surface area contributed by atoms with Crippen molar-refractivity contribution >= 4 is 32.5 Å². The molecule has 0 aliphatic heterocycles. The lowest BCUT2D eigenvalue weighted by atomic mass is 10.2. The molecular formula is C18H19N3O4S. The van der Waals surface area contributed by atoms with Crippen LogP contribution in [0.5, 0.6) is 0 Å². The Hall–Kier alpha value is -2.84. The highest BCUT2D eigenvalue weighted by Gasteiger charge is 2.18. The highest BCUT2D eigenvalue weighted by atomic mass is 32.2. The van der Waals surface area contributed by atoms with Crippen molar-refractivity contribution in [3.8, 4) is 0 Å². The smallest absolute Gasteiger partial charge is 0.267 e. The highest BCUT2D eigenvalue weighted by molar-refractivity contribution is 7.92. The van der Waals surface area contributed by atoms with Gasteiger partial charge in [0.2, 0.25) is 0 Å². The second-order valence-corrected chi connectivity index (χ2v) is 7.36. The minimum absolute atomic E-state index is 0.169. The van der Waals surface area contributed by atoms with Crippen LogP contribution in [0.2, 0.25) is 0 Å². The number of hydrogen-bond acceptors (Lipinski definition) is 4. The first-order valence-electron chi connectivity index (χ1n) is 7.89. The average molecular weight is 373 g/mol. The van der Waals surface area contributed by atoms with E-state index in [2.05, 4.69) is 15.0 Å². The largest absolute Gasteiger partial charge is 0.380 e. The predicted octanol–water partition coefficient (Wildman–Crippen LogP) is 2.47. The van der Waals surface area contributed by atoms with Gasteiger partial charge in [-0.1, -0.05) is 18.2 Å². The molecule has 26 heavy (non-hydrogen) atoms. The highest BCUT2D eigenvalue weighted by Crippen LogP contribution is 2.24. The van der Waals surface area contributed by atoms with Crippen LogP contribution in [0, 0.1) is 0 Å². The summed E-state index contributed by atoms with van der Waals surface area (Å²) in [5, 5.41) is 3.27. The summed E-state index contributed by atoms with van der Waals surface area (Å²) in [4.78, 5) is 14.9. The van der Waals surface area contributed by atoms with Crippen LogP contribution in [0.3, 0.4) is 0 Å². The molecule has 0 bridgehead atoms. The molecule has 0 fully saturated rings. The van der Waals surface area contributed by atoms with Crippen molar-refractivity contribution in [1.82, 2.24) is 10.3 Å². The van der Waals surface area contributed by atoms with Gasteiger partial charge in [0.25, 0.3) is 15.9 Å². The monoisotopic (exact) mass is 373 g/mol. The van der Waals surface area contributed by atoms with E-state index in [1.807, 2.05) is 0 Å². The van der Waals surface area contributed by atoms with Crippen LogP contribution >= 0.6 is 0 Å². The lowest BCUT2D eigenvalue weighted by Gasteiger charge is -2.12. The van der Waals surface area contributed by atoms with Gasteiger partial charge in [-0.05, 0) is 35.9 Å². The Kier molecular flexibility index (Phi) is 4.97. The second-order valence-electron chi connectivity index (χ2n) is 5.71. The lowest BCUT2D eigenvalue weighted by molar-refractivity contribution is 0.0959. The van der Waals surface area contributed by atoms with Gasteiger partial charge in [-0.2, -0.15) is 0 Å². The van der Waals surface area contributed by atoms with E-state index in [0.29, 0.717) is 16.9 Å². The minimum Gasteiger partial charge on any atom is -0.380 e. The van der Waals surface area contributed by atoms with Gasteiger partial charge in [0, 0.05) is 30.7 Å². The first kappa shape index (κ1) is 18.0. The van der Waals surface area contributed by atoms with E-state index in [9.17, 15) is 13.2 Å². The molecule has 3 N–H and O–H groups in total. The number of carbonyl (C=O) groups is 1. The third-order valence-electron chi connectivity index (χ3n) is 3.91. The molecule has 3 aromatic rings. The van der Waals surface area contributed by atoms with Crippen LogP contribution in [0.1, 0.15) is 16.1 Å². The van der Waals surface area contributed by atoms with Crippen molar-refractivity contribution in [3.63, 3.8) is 0 Å². The van der Waals surface area contributed by atoms with Crippen molar-refractivity contribution in [2.45, 2.75) is 11.5 Å². The number of rotatable bonds is 6. The number of aromatic amines is 1. The van der Waals surface area contributed by atoms with Gasteiger partial charge >= 0.3 is 0 Å². The number of amides is 1. The standard InChI is InChI=1S/C18H19N3O4S/c1-19-18(22)16-10-13-9-14(7-8-15(13)20-16)21-26(23,24)17-6-4-3-5-12(17)11-25-2/h3-10,20-21H,11H2,1-2H3,(H,19,22). The topological polar surface area (TPSA) is 100 Å². The van der Waals surface area contributed by atoms with Gasteiger partial charge in [-0.3, -0.25) is 9.52 Å². The summed E-state index contributed by atoms with van der Waals surface area (Å²) in [7, 11) is -0.707. The number of aromatic nitrogens is 1. The zero-order chi connectivity index (χ0) is 18.7. The maximum atomic E-state index is 12.8. The van der Waals surface area contributed by atoms with Gasteiger partial charge in [0.05, 0.1) is 11.5 Å². The summed E-state index contributed by atoms with van der Waals surface area (Å²) in [5.74, 6) is -0.239. The van der Waals surface area contributed by atoms with Crippen molar-refractivity contribution in [2.24, 2.45) is 0 Å². The Morgan fingerprint density at radius 2 is 1.92 bits per heavy atom. The Labute approximate surface area is 151 Å². The van der Waals surface area contributed by atoms with Crippen molar-refractivity contribution in [1.29, 1.82) is 0 Å². The molecular weight excluding hydrogens is 354 g/mol. The van der Waals surface area contributed by atoms with Gasteiger partial charge in [0.1, 0.15) is 5.69 Å². The molecule has 0 atom stereocenters. The van der Waals surface area contributed by atoms with Gasteiger partial charge in [-0.25, -0.2) is 8.42 Å². The number of ether oxygens (including phenoxy) is 1. The molecule has 1 heterocycles. The molecule has 0 aliphatic rings. The molecule has 3 rings (SSSR count). The number of hydrogen-bond donors (Lipinski definition) is 3. The fourth-order valence-corrected chi connectivity index (χ4v) is 3.98. The molecule has 0 unspecified atom stereocenters. The number of benzene rings is 2. The zero-order valence-electron chi connectivity index (χ0n) is 14.4. The molecule has 0 radical (unpaired) electrons. The first-order chi connectivity index (χ1) is 12.4. The molecule has 136 valence electrons. The Balaban J connectivity index is 1.94. The number of methoxy groups -OCH3 is 1. The van der Waals surface area contributed by atoms with Crippen LogP contribution in [0.4, 0.5) is 5.69 Å². The molecule has 1 amide bonds. The van der Waals surface area contributed by atoms with Crippen molar-refractivity contribution in [2.75, 3.05) is 18.9 Å². The summed E-state index contributed by atoms with van der Waals surface area (Å²) < 4.78 is 33.2. The van der Waals surface area contributed by atoms with Crippen LogP contribution < -0.4 is 10.0 Å². The summed E-state index contributed by atoms with van der Waals surface area (Å²) in [6.07, 6.45) is 0. The zero-order valence-corrected chi connectivity index (χ0v) is 15.2. The quantitative estimate of drug-likeness (QED) is 0.618. The number of carbonyl (C=O) groups excluding carboxylic acids is 1. The van der Waals surface area contributed by atoms with E-state index >= 15 is 0 Å². The third-order valence-corrected chi connectivity index (χ3v) is 5.39. The third kappa shape index (κ3) is 3.56. The molecule has 7 nitrogen and oxygen atoms in total. The lowest BCUT2D eigenvalue weighted by Crippen LogP contribution is -2.17. The normalized spacial score (nSPS) is 11.5. The number of nitrogens with one attached hydrogen (secondary N) is 3. The Morgan fingerprint density at radius 3 is 2.65 bits per heavy atom. The number of fused-ring (bicyclic) bond motifs is 1. The fraction of sp³-hybridized carbons (Fsp3) is 0.167. The van der Waals surface area contributed by atoms with Crippen LogP contribution in [0.25, 0.3) is 10.9 Å². The number of H-pyrrole nitrogens is 1. The second kappa shape index (κ2) is 7.19. The van der Waals surface area contributed by atoms with E-state index in [4.69, 9.17) is 4.74 Å². The van der Waals surface area contributed by atoms with E-state index in [0.717, 1.165) is 10.9 Å². The number of sulfonamides is 1. The Morgan fingerprint density at radius 1 is 1.15 bits per heavy atom.